The van der Waals surface area contributed by atoms with Crippen LogP contribution < -0.4 is 5.43 Å². The first-order chi connectivity index (χ1) is 10.5. The van der Waals surface area contributed by atoms with E-state index in [9.17, 15) is 20.2 Å². The van der Waals surface area contributed by atoms with Crippen molar-refractivity contribution in [2.75, 3.05) is 5.43 Å². The molecule has 0 unspecified atom stereocenters. The lowest BCUT2D eigenvalue weighted by Crippen LogP contribution is -1.96. The zero-order valence-corrected chi connectivity index (χ0v) is 11.6. The van der Waals surface area contributed by atoms with Gasteiger partial charge in [0.1, 0.15) is 12.0 Å². The molecule has 0 bridgehead atoms. The standard InChI is InChI=1S/C12H8ClN5O4/c13-11-3-1-9(17(19)20)5-8(11)6-15-16-12-4-2-10(7-14-12)18(21)22/h1-7H,(H,14,16)/b15-6+. The summed E-state index contributed by atoms with van der Waals surface area (Å²) in [6.07, 6.45) is 2.37. The van der Waals surface area contributed by atoms with Crippen molar-refractivity contribution in [3.05, 3.63) is 67.3 Å². The fourth-order valence-corrected chi connectivity index (χ4v) is 1.64. The Kier molecular flexibility index (Phi) is 4.59. The minimum Gasteiger partial charge on any atom is -0.261 e. The van der Waals surface area contributed by atoms with E-state index < -0.39 is 9.85 Å². The molecule has 0 fully saturated rings. The second-order valence-corrected chi connectivity index (χ2v) is 4.40. The number of nitro benzene ring substituents is 1. The van der Waals surface area contributed by atoms with Crippen molar-refractivity contribution in [2.24, 2.45) is 5.10 Å². The highest BCUT2D eigenvalue weighted by Crippen LogP contribution is 2.20. The maximum Gasteiger partial charge on any atom is 0.287 e. The van der Waals surface area contributed by atoms with Gasteiger partial charge in [0.25, 0.3) is 11.4 Å². The van der Waals surface area contributed by atoms with E-state index >= 15 is 0 Å². The number of non-ortho nitro benzene ring substituents is 1. The van der Waals surface area contributed by atoms with Gasteiger partial charge in [-0.25, -0.2) is 4.98 Å². The molecule has 1 N–H and O–H groups in total. The van der Waals surface area contributed by atoms with E-state index in [1.165, 1.54) is 36.5 Å². The van der Waals surface area contributed by atoms with E-state index in [4.69, 9.17) is 11.6 Å². The Morgan fingerprint density at radius 3 is 2.41 bits per heavy atom. The zero-order valence-electron chi connectivity index (χ0n) is 10.8. The molecule has 112 valence electrons. The molecule has 0 atom stereocenters. The Labute approximate surface area is 128 Å². The van der Waals surface area contributed by atoms with Gasteiger partial charge in [0.15, 0.2) is 0 Å². The summed E-state index contributed by atoms with van der Waals surface area (Å²) in [4.78, 5) is 23.8. The number of nitrogens with zero attached hydrogens (tertiary/aromatic N) is 4. The highest BCUT2D eigenvalue weighted by molar-refractivity contribution is 6.33. The van der Waals surface area contributed by atoms with Crippen molar-refractivity contribution >= 4 is 35.0 Å². The summed E-state index contributed by atoms with van der Waals surface area (Å²) in [5.41, 5.74) is 2.64. The van der Waals surface area contributed by atoms with Gasteiger partial charge < -0.3 is 0 Å². The first-order valence-electron chi connectivity index (χ1n) is 5.81. The Morgan fingerprint density at radius 2 is 1.82 bits per heavy atom. The van der Waals surface area contributed by atoms with Gasteiger partial charge in [-0.1, -0.05) is 11.6 Å². The number of benzene rings is 1. The number of hydrogen-bond acceptors (Lipinski definition) is 7. The highest BCUT2D eigenvalue weighted by atomic mass is 35.5. The average molecular weight is 322 g/mol. The third-order valence-electron chi connectivity index (χ3n) is 2.53. The van der Waals surface area contributed by atoms with Crippen molar-refractivity contribution in [1.82, 2.24) is 4.98 Å². The number of halogens is 1. The van der Waals surface area contributed by atoms with Crippen LogP contribution in [0.2, 0.25) is 5.02 Å². The summed E-state index contributed by atoms with van der Waals surface area (Å²) in [6.45, 7) is 0. The van der Waals surface area contributed by atoms with Gasteiger partial charge in [-0.05, 0) is 12.1 Å². The van der Waals surface area contributed by atoms with Crippen LogP contribution in [0.1, 0.15) is 5.56 Å². The van der Waals surface area contributed by atoms with Crippen LogP contribution in [0, 0.1) is 20.2 Å². The van der Waals surface area contributed by atoms with Crippen LogP contribution in [0.3, 0.4) is 0 Å². The van der Waals surface area contributed by atoms with Gasteiger partial charge in [0.05, 0.1) is 16.1 Å². The molecular weight excluding hydrogens is 314 g/mol. The van der Waals surface area contributed by atoms with Crippen LogP contribution in [-0.2, 0) is 0 Å². The van der Waals surface area contributed by atoms with Crippen LogP contribution in [0.5, 0.6) is 0 Å². The first kappa shape index (κ1) is 15.3. The van der Waals surface area contributed by atoms with E-state index in [2.05, 4.69) is 15.5 Å². The van der Waals surface area contributed by atoms with Gasteiger partial charge in [-0.3, -0.25) is 25.7 Å². The SMILES string of the molecule is O=[N+]([O-])c1ccc(N/N=C/c2cc([N+](=O)[O-])ccc2Cl)nc1. The second kappa shape index (κ2) is 6.59. The van der Waals surface area contributed by atoms with Crippen molar-refractivity contribution in [1.29, 1.82) is 0 Å². The molecular formula is C12H8ClN5O4. The highest BCUT2D eigenvalue weighted by Gasteiger charge is 2.08. The lowest BCUT2D eigenvalue weighted by Gasteiger charge is -2.00. The number of hydrogen-bond donors (Lipinski definition) is 1. The maximum atomic E-state index is 10.7. The van der Waals surface area contributed by atoms with Crippen LogP contribution in [-0.4, -0.2) is 21.0 Å². The second-order valence-electron chi connectivity index (χ2n) is 3.99. The molecule has 0 radical (unpaired) electrons. The molecule has 2 aromatic rings. The number of aromatic nitrogens is 1. The first-order valence-corrected chi connectivity index (χ1v) is 6.18. The topological polar surface area (TPSA) is 124 Å². The molecule has 0 saturated heterocycles. The summed E-state index contributed by atoms with van der Waals surface area (Å²) in [5, 5.41) is 25.3. The zero-order chi connectivity index (χ0) is 16.1. The van der Waals surface area contributed by atoms with Crippen LogP contribution in [0.15, 0.2) is 41.6 Å². The summed E-state index contributed by atoms with van der Waals surface area (Å²) < 4.78 is 0. The van der Waals surface area contributed by atoms with Crippen molar-refractivity contribution in [3.8, 4) is 0 Å². The Morgan fingerprint density at radius 1 is 1.14 bits per heavy atom. The minimum absolute atomic E-state index is 0.112. The molecule has 1 aromatic heterocycles. The van der Waals surface area contributed by atoms with Crippen molar-refractivity contribution in [3.63, 3.8) is 0 Å². The molecule has 1 heterocycles. The number of nitrogens with one attached hydrogen (secondary N) is 1. The van der Waals surface area contributed by atoms with Gasteiger partial charge >= 0.3 is 0 Å². The number of anilines is 1. The number of nitro groups is 2. The minimum atomic E-state index is -0.567. The summed E-state index contributed by atoms with van der Waals surface area (Å²) in [5.74, 6) is 0.281. The average Bonchev–Trinajstić information content (AvgIpc) is 2.49. The molecule has 0 aliphatic carbocycles. The van der Waals surface area contributed by atoms with Gasteiger partial charge in [0.2, 0.25) is 0 Å². The number of pyridine rings is 1. The van der Waals surface area contributed by atoms with E-state index in [1.807, 2.05) is 0 Å². The lowest BCUT2D eigenvalue weighted by molar-refractivity contribution is -0.385. The molecule has 22 heavy (non-hydrogen) atoms. The predicted octanol–water partition coefficient (Wildman–Crippen LogP) is 3.00. The van der Waals surface area contributed by atoms with Crippen LogP contribution >= 0.6 is 11.6 Å². The van der Waals surface area contributed by atoms with E-state index in [-0.39, 0.29) is 17.2 Å². The number of rotatable bonds is 5. The molecule has 9 nitrogen and oxygen atoms in total. The Hall–Kier alpha value is -3.07. The maximum absolute atomic E-state index is 10.7. The third-order valence-corrected chi connectivity index (χ3v) is 2.88. The largest absolute Gasteiger partial charge is 0.287 e. The van der Waals surface area contributed by atoms with E-state index in [0.29, 0.717) is 10.6 Å². The quantitative estimate of drug-likeness (QED) is 0.513. The van der Waals surface area contributed by atoms with E-state index in [0.717, 1.165) is 6.20 Å². The van der Waals surface area contributed by atoms with Gasteiger partial charge in [0, 0.05) is 28.8 Å². The monoisotopic (exact) mass is 321 g/mol. The van der Waals surface area contributed by atoms with Crippen molar-refractivity contribution in [2.45, 2.75) is 0 Å². The molecule has 0 amide bonds. The predicted molar refractivity (Wildman–Crippen MR) is 80.2 cm³/mol. The summed E-state index contributed by atoms with van der Waals surface area (Å²) in [6, 6.07) is 6.60. The normalized spacial score (nSPS) is 10.6. The Bertz CT molecular complexity index is 748. The summed E-state index contributed by atoms with van der Waals surface area (Å²) in [7, 11) is 0. The molecule has 1 aromatic carbocycles. The summed E-state index contributed by atoms with van der Waals surface area (Å²) >= 11 is 5.91. The molecule has 0 aliphatic heterocycles. The van der Waals surface area contributed by atoms with Crippen molar-refractivity contribution < 1.29 is 9.85 Å². The molecule has 2 rings (SSSR count). The fourth-order valence-electron chi connectivity index (χ4n) is 1.47. The fraction of sp³-hybridized carbons (Fsp3) is 0. The molecule has 10 heteroatoms. The lowest BCUT2D eigenvalue weighted by atomic mass is 10.2. The molecule has 0 aliphatic rings. The van der Waals surface area contributed by atoms with E-state index in [1.54, 1.807) is 0 Å². The molecule has 0 saturated carbocycles. The Balaban J connectivity index is 2.10. The van der Waals surface area contributed by atoms with Crippen LogP contribution in [0.4, 0.5) is 17.2 Å². The van der Waals surface area contributed by atoms with Crippen LogP contribution in [0.25, 0.3) is 0 Å². The smallest absolute Gasteiger partial charge is 0.261 e. The third kappa shape index (κ3) is 3.73. The molecule has 0 spiro atoms. The number of hydrazone groups is 1. The van der Waals surface area contributed by atoms with Gasteiger partial charge in [-0.15, -0.1) is 0 Å². The van der Waals surface area contributed by atoms with Gasteiger partial charge in [-0.2, -0.15) is 5.10 Å².